The maximum absolute atomic E-state index is 12.7. The van der Waals surface area contributed by atoms with Crippen molar-refractivity contribution in [3.05, 3.63) is 64.8 Å². The molecule has 3 heterocycles. The van der Waals surface area contributed by atoms with Crippen molar-refractivity contribution < 1.29 is 4.79 Å². The summed E-state index contributed by atoms with van der Waals surface area (Å²) in [5, 5.41) is 5.62. The molecule has 2 aromatic heterocycles. The van der Waals surface area contributed by atoms with E-state index < -0.39 is 0 Å². The fourth-order valence-corrected chi connectivity index (χ4v) is 3.30. The Labute approximate surface area is 173 Å². The molecule has 0 aliphatic carbocycles. The van der Waals surface area contributed by atoms with Crippen molar-refractivity contribution in [2.45, 2.75) is 0 Å². The van der Waals surface area contributed by atoms with Crippen LogP contribution in [0.2, 0.25) is 0 Å². The summed E-state index contributed by atoms with van der Waals surface area (Å²) in [6.45, 7) is 2.84. The molecule has 9 heteroatoms. The van der Waals surface area contributed by atoms with Crippen LogP contribution in [-0.4, -0.2) is 59.6 Å². The number of pyridine rings is 1. The Balaban J connectivity index is 1.52. The van der Waals surface area contributed by atoms with Gasteiger partial charge in [-0.2, -0.15) is 0 Å². The number of anilines is 3. The highest BCUT2D eigenvalue weighted by Crippen LogP contribution is 2.20. The van der Waals surface area contributed by atoms with Crippen LogP contribution < -0.4 is 21.1 Å². The predicted octanol–water partition coefficient (Wildman–Crippen LogP) is 1.84. The molecule has 0 saturated carbocycles. The number of likely N-dealkylation sites (N-methyl/N-ethyl adjacent to an activating group) is 1. The quantitative estimate of drug-likeness (QED) is 0.595. The van der Waals surface area contributed by atoms with Crippen molar-refractivity contribution in [2.24, 2.45) is 0 Å². The van der Waals surface area contributed by atoms with E-state index in [-0.39, 0.29) is 17.2 Å². The summed E-state index contributed by atoms with van der Waals surface area (Å²) in [4.78, 5) is 40.6. The van der Waals surface area contributed by atoms with Gasteiger partial charge in [-0.15, -0.1) is 0 Å². The lowest BCUT2D eigenvalue weighted by Gasteiger charge is -2.18. The van der Waals surface area contributed by atoms with Gasteiger partial charge in [0.15, 0.2) is 0 Å². The molecular weight excluding hydrogens is 382 g/mol. The molecule has 4 rings (SSSR count). The second-order valence-electron chi connectivity index (χ2n) is 7.16. The van der Waals surface area contributed by atoms with Gasteiger partial charge >= 0.3 is 0 Å². The van der Waals surface area contributed by atoms with Gasteiger partial charge in [0.1, 0.15) is 11.5 Å². The van der Waals surface area contributed by atoms with Crippen LogP contribution in [0.5, 0.6) is 0 Å². The van der Waals surface area contributed by atoms with E-state index in [2.05, 4.69) is 42.4 Å². The molecule has 1 aliphatic rings. The number of aromatic amines is 1. The van der Waals surface area contributed by atoms with Gasteiger partial charge < -0.3 is 20.5 Å². The third-order valence-corrected chi connectivity index (χ3v) is 5.00. The van der Waals surface area contributed by atoms with Gasteiger partial charge in [-0.3, -0.25) is 19.5 Å². The first-order valence-electron chi connectivity index (χ1n) is 9.61. The van der Waals surface area contributed by atoms with E-state index in [1.807, 2.05) is 12.1 Å². The van der Waals surface area contributed by atoms with Crippen LogP contribution in [0, 0.1) is 0 Å². The minimum absolute atomic E-state index is 0.152. The molecule has 1 fully saturated rings. The molecule has 30 heavy (non-hydrogen) atoms. The van der Waals surface area contributed by atoms with E-state index in [1.165, 1.54) is 0 Å². The van der Waals surface area contributed by atoms with Crippen molar-refractivity contribution >= 4 is 23.1 Å². The smallest absolute Gasteiger partial charge is 0.271 e. The van der Waals surface area contributed by atoms with Crippen LogP contribution in [0.4, 0.5) is 17.2 Å². The predicted molar refractivity (Wildman–Crippen MR) is 117 cm³/mol. The van der Waals surface area contributed by atoms with Crippen LogP contribution >= 0.6 is 0 Å². The summed E-state index contributed by atoms with van der Waals surface area (Å²) >= 11 is 0. The first-order valence-corrected chi connectivity index (χ1v) is 9.61. The molecule has 0 radical (unpaired) electrons. The lowest BCUT2D eigenvalue weighted by molar-refractivity contribution is 0.102. The number of benzene rings is 1. The average molecular weight is 405 g/mol. The molecule has 3 N–H and O–H groups in total. The van der Waals surface area contributed by atoms with Crippen LogP contribution in [-0.2, 0) is 0 Å². The minimum atomic E-state index is -0.387. The number of rotatable bonds is 5. The maximum atomic E-state index is 12.7. The van der Waals surface area contributed by atoms with Gasteiger partial charge in [-0.05, 0) is 37.4 Å². The SMILES string of the molecule is CNc1cncc(-c2c[nH]c(=O)c(NC(=O)c3ccc(N4CCN(C)C4)cc3)c2)n1. The van der Waals surface area contributed by atoms with Crippen LogP contribution in [0.25, 0.3) is 11.3 Å². The molecule has 0 unspecified atom stereocenters. The first-order chi connectivity index (χ1) is 14.5. The lowest BCUT2D eigenvalue weighted by atomic mass is 10.1. The molecular formula is C21H23N7O2. The van der Waals surface area contributed by atoms with E-state index in [4.69, 9.17) is 0 Å². The molecule has 3 aromatic rings. The Hall–Kier alpha value is -3.72. The van der Waals surface area contributed by atoms with Crippen LogP contribution in [0.3, 0.4) is 0 Å². The molecule has 154 valence electrons. The number of hydrogen-bond donors (Lipinski definition) is 3. The van der Waals surface area contributed by atoms with Gasteiger partial charge in [0.05, 0.1) is 24.8 Å². The highest BCUT2D eigenvalue weighted by molar-refractivity contribution is 6.04. The summed E-state index contributed by atoms with van der Waals surface area (Å²) in [7, 11) is 3.83. The van der Waals surface area contributed by atoms with E-state index >= 15 is 0 Å². The zero-order chi connectivity index (χ0) is 21.1. The molecule has 9 nitrogen and oxygen atoms in total. The Morgan fingerprint density at radius 2 is 1.97 bits per heavy atom. The number of aromatic nitrogens is 3. The molecule has 0 spiro atoms. The van der Waals surface area contributed by atoms with E-state index in [0.29, 0.717) is 22.6 Å². The monoisotopic (exact) mass is 405 g/mol. The Morgan fingerprint density at radius 3 is 2.67 bits per heavy atom. The second-order valence-corrected chi connectivity index (χ2v) is 7.16. The van der Waals surface area contributed by atoms with Gasteiger partial charge in [0, 0.05) is 43.1 Å². The number of carbonyl (C=O) groups is 1. The van der Waals surface area contributed by atoms with Gasteiger partial charge in [0.2, 0.25) is 0 Å². The maximum Gasteiger partial charge on any atom is 0.271 e. The zero-order valence-electron chi connectivity index (χ0n) is 16.8. The van der Waals surface area contributed by atoms with E-state index in [9.17, 15) is 9.59 Å². The number of carbonyl (C=O) groups excluding carboxylic acids is 1. The van der Waals surface area contributed by atoms with Crippen molar-refractivity contribution in [3.8, 4) is 11.3 Å². The number of H-pyrrole nitrogens is 1. The van der Waals surface area contributed by atoms with Crippen LogP contribution in [0.15, 0.2) is 53.7 Å². The van der Waals surface area contributed by atoms with Crippen molar-refractivity contribution in [3.63, 3.8) is 0 Å². The second kappa shape index (κ2) is 8.34. The van der Waals surface area contributed by atoms with Crippen molar-refractivity contribution in [1.29, 1.82) is 0 Å². The topological polar surface area (TPSA) is 106 Å². The normalized spacial score (nSPS) is 14.0. The highest BCUT2D eigenvalue weighted by Gasteiger charge is 2.17. The number of hydrogen-bond acceptors (Lipinski definition) is 7. The zero-order valence-corrected chi connectivity index (χ0v) is 16.8. The average Bonchev–Trinajstić information content (AvgIpc) is 3.21. The van der Waals surface area contributed by atoms with Crippen molar-refractivity contribution in [2.75, 3.05) is 49.4 Å². The molecule has 1 aliphatic heterocycles. The third kappa shape index (κ3) is 4.15. The summed E-state index contributed by atoms with van der Waals surface area (Å²) < 4.78 is 0. The Morgan fingerprint density at radius 1 is 1.17 bits per heavy atom. The molecule has 1 saturated heterocycles. The molecule has 0 atom stereocenters. The Kier molecular flexibility index (Phi) is 5.44. The number of nitrogens with one attached hydrogen (secondary N) is 3. The number of nitrogens with zero attached hydrogens (tertiary/aromatic N) is 4. The van der Waals surface area contributed by atoms with Gasteiger partial charge in [-0.25, -0.2) is 4.98 Å². The molecule has 0 bridgehead atoms. The number of amides is 1. The standard InChI is InChI=1S/C21H23N7O2/c1-22-19-12-23-11-18(25-19)15-9-17(21(30)24-10-15)26-20(29)14-3-5-16(6-4-14)28-8-7-27(2)13-28/h3-6,9-12H,7-8,13H2,1-2H3,(H,22,25)(H,24,30)(H,26,29). The highest BCUT2D eigenvalue weighted by atomic mass is 16.2. The van der Waals surface area contributed by atoms with Gasteiger partial charge in [-0.1, -0.05) is 0 Å². The van der Waals surface area contributed by atoms with E-state index in [1.54, 1.807) is 43.8 Å². The third-order valence-electron chi connectivity index (χ3n) is 5.00. The molecule has 1 amide bonds. The van der Waals surface area contributed by atoms with E-state index in [0.717, 1.165) is 25.4 Å². The Bertz CT molecular complexity index is 1110. The lowest BCUT2D eigenvalue weighted by Crippen LogP contribution is -2.22. The van der Waals surface area contributed by atoms with Gasteiger partial charge in [0.25, 0.3) is 11.5 Å². The summed E-state index contributed by atoms with van der Waals surface area (Å²) in [6.07, 6.45) is 4.74. The largest absolute Gasteiger partial charge is 0.372 e. The summed E-state index contributed by atoms with van der Waals surface area (Å²) in [5.74, 6) is 0.256. The summed E-state index contributed by atoms with van der Waals surface area (Å²) in [5.41, 5.74) is 2.53. The minimum Gasteiger partial charge on any atom is -0.372 e. The molecule has 1 aromatic carbocycles. The fourth-order valence-electron chi connectivity index (χ4n) is 3.30. The fraction of sp³-hybridized carbons (Fsp3) is 0.238. The summed E-state index contributed by atoms with van der Waals surface area (Å²) in [6, 6.07) is 8.97. The van der Waals surface area contributed by atoms with Crippen molar-refractivity contribution in [1.82, 2.24) is 19.9 Å². The first kappa shape index (κ1) is 19.6. The van der Waals surface area contributed by atoms with Crippen LogP contribution in [0.1, 0.15) is 10.4 Å².